The van der Waals surface area contributed by atoms with Gasteiger partial charge in [0.1, 0.15) is 17.6 Å². The van der Waals surface area contributed by atoms with Crippen LogP contribution in [0.25, 0.3) is 0 Å². The molecule has 23 heavy (non-hydrogen) atoms. The quantitative estimate of drug-likeness (QED) is 0.530. The van der Waals surface area contributed by atoms with Gasteiger partial charge in [0.15, 0.2) is 5.78 Å². The van der Waals surface area contributed by atoms with Gasteiger partial charge in [-0.2, -0.15) is 0 Å². The predicted molar refractivity (Wildman–Crippen MR) is 94.1 cm³/mol. The summed E-state index contributed by atoms with van der Waals surface area (Å²) in [5.74, 6) is 0.974. The zero-order valence-corrected chi connectivity index (χ0v) is 14.6. The first-order valence-electron chi connectivity index (χ1n) is 7.36. The normalized spacial score (nSPS) is 11.6. The summed E-state index contributed by atoms with van der Waals surface area (Å²) in [4.78, 5) is 12.5. The Labute approximate surface area is 139 Å². The molecule has 0 aliphatic heterocycles. The third kappa shape index (κ3) is 5.75. The van der Waals surface area contributed by atoms with E-state index in [-0.39, 0.29) is 5.78 Å². The zero-order valence-electron chi connectivity index (χ0n) is 14.6. The van der Waals surface area contributed by atoms with Crippen molar-refractivity contribution in [3.63, 3.8) is 0 Å². The summed E-state index contributed by atoms with van der Waals surface area (Å²) in [6, 6.07) is 5.21. The number of hydrogen-bond acceptors (Lipinski definition) is 4. The van der Waals surface area contributed by atoms with E-state index in [1.165, 1.54) is 19.3 Å². The predicted octanol–water partition coefficient (Wildman–Crippen LogP) is 4.29. The Morgan fingerprint density at radius 2 is 1.57 bits per heavy atom. The summed E-state index contributed by atoms with van der Waals surface area (Å²) in [5.41, 5.74) is 1.08. The first-order valence-corrected chi connectivity index (χ1v) is 7.36. The second-order valence-corrected chi connectivity index (χ2v) is 4.19. The van der Waals surface area contributed by atoms with Crippen LogP contribution < -0.4 is 9.47 Å². The van der Waals surface area contributed by atoms with E-state index in [1.807, 2.05) is 13.8 Å². The minimum atomic E-state index is -0.766. The molecule has 1 rings (SSSR count). The third-order valence-corrected chi connectivity index (χ3v) is 2.95. The number of carbonyl (C=O) groups is 1. The molecule has 4 nitrogen and oxygen atoms in total. The van der Waals surface area contributed by atoms with Crippen LogP contribution in [0, 0.1) is 0 Å². The molecular weight excluding hydrogens is 292 g/mol. The van der Waals surface area contributed by atoms with E-state index < -0.39 is 6.10 Å². The van der Waals surface area contributed by atoms with Gasteiger partial charge in [-0.05, 0) is 17.7 Å². The highest BCUT2D eigenvalue weighted by Crippen LogP contribution is 2.30. The van der Waals surface area contributed by atoms with E-state index >= 15 is 0 Å². The number of ketones is 1. The Bertz CT molecular complexity index is 536. The number of Topliss-reactive ketones (excluding diaryl/α,β-unsaturated/α-hetero) is 1. The molecular formula is C19H26O4. The number of allylic oxidation sites excluding steroid dienone is 3. The standard InChI is InChI=1S/C17H20O4.C2H6/c1-6-8-12(7-2)16(18)17(21-5)13-9-14(19-3)11-15(10-13)20-4;1-2/h6-11,17H,1-2H2,3-5H3;1-2H3/b12-8+;. The van der Waals surface area contributed by atoms with Gasteiger partial charge in [-0.1, -0.05) is 45.2 Å². The van der Waals surface area contributed by atoms with Crippen molar-refractivity contribution in [2.24, 2.45) is 0 Å². The zero-order chi connectivity index (χ0) is 17.8. The SMILES string of the molecule is C=C/C=C(\C=C)C(=O)C(OC)c1cc(OC)cc(OC)c1.CC. The summed E-state index contributed by atoms with van der Waals surface area (Å²) < 4.78 is 15.8. The minimum absolute atomic E-state index is 0.206. The van der Waals surface area contributed by atoms with Crippen molar-refractivity contribution in [1.29, 1.82) is 0 Å². The van der Waals surface area contributed by atoms with Crippen molar-refractivity contribution in [1.82, 2.24) is 0 Å². The van der Waals surface area contributed by atoms with Crippen LogP contribution in [0.1, 0.15) is 25.5 Å². The highest BCUT2D eigenvalue weighted by molar-refractivity contribution is 6.02. The second kappa shape index (κ2) is 11.3. The van der Waals surface area contributed by atoms with Gasteiger partial charge in [0, 0.05) is 18.7 Å². The number of methoxy groups -OCH3 is 3. The molecule has 1 atom stereocenters. The topological polar surface area (TPSA) is 44.8 Å². The van der Waals surface area contributed by atoms with Crippen molar-refractivity contribution in [3.8, 4) is 11.5 Å². The molecule has 0 aliphatic rings. The molecule has 0 fully saturated rings. The van der Waals surface area contributed by atoms with Crippen LogP contribution in [0.4, 0.5) is 0 Å². The molecule has 0 saturated carbocycles. The Hall–Kier alpha value is -2.33. The lowest BCUT2D eigenvalue weighted by atomic mass is 9.99. The van der Waals surface area contributed by atoms with E-state index in [1.54, 1.807) is 38.5 Å². The summed E-state index contributed by atoms with van der Waals surface area (Å²) in [6.45, 7) is 11.2. The van der Waals surface area contributed by atoms with Gasteiger partial charge in [-0.3, -0.25) is 4.79 Å². The largest absolute Gasteiger partial charge is 0.497 e. The third-order valence-electron chi connectivity index (χ3n) is 2.95. The lowest BCUT2D eigenvalue weighted by Crippen LogP contribution is -2.16. The Kier molecular flexibility index (Phi) is 10.1. The molecule has 0 heterocycles. The van der Waals surface area contributed by atoms with Crippen LogP contribution in [0.2, 0.25) is 0 Å². The van der Waals surface area contributed by atoms with E-state index in [0.717, 1.165) is 0 Å². The summed E-state index contributed by atoms with van der Waals surface area (Å²) in [5, 5.41) is 0. The Morgan fingerprint density at radius 1 is 1.04 bits per heavy atom. The minimum Gasteiger partial charge on any atom is -0.497 e. The second-order valence-electron chi connectivity index (χ2n) is 4.19. The number of hydrogen-bond donors (Lipinski definition) is 0. The highest BCUT2D eigenvalue weighted by atomic mass is 16.5. The van der Waals surface area contributed by atoms with Gasteiger partial charge in [-0.25, -0.2) is 0 Å². The molecule has 0 spiro atoms. The molecule has 0 N–H and O–H groups in total. The lowest BCUT2D eigenvalue weighted by molar-refractivity contribution is -0.125. The maximum absolute atomic E-state index is 12.5. The Morgan fingerprint density at radius 3 is 1.91 bits per heavy atom. The maximum atomic E-state index is 12.5. The van der Waals surface area contributed by atoms with Crippen molar-refractivity contribution >= 4 is 5.78 Å². The fourth-order valence-electron chi connectivity index (χ4n) is 1.90. The summed E-state index contributed by atoms with van der Waals surface area (Å²) in [6.07, 6.45) is 3.85. The smallest absolute Gasteiger partial charge is 0.196 e. The van der Waals surface area contributed by atoms with Crippen LogP contribution in [-0.2, 0) is 9.53 Å². The van der Waals surface area contributed by atoms with Crippen LogP contribution in [0.15, 0.2) is 55.2 Å². The monoisotopic (exact) mass is 318 g/mol. The molecule has 1 aromatic carbocycles. The highest BCUT2D eigenvalue weighted by Gasteiger charge is 2.23. The van der Waals surface area contributed by atoms with E-state index in [0.29, 0.717) is 22.6 Å². The van der Waals surface area contributed by atoms with Crippen LogP contribution >= 0.6 is 0 Å². The first-order chi connectivity index (χ1) is 11.1. The number of ether oxygens (including phenoxy) is 3. The first kappa shape index (κ1) is 20.7. The molecule has 0 bridgehead atoms. The Balaban J connectivity index is 0.00000232. The molecule has 126 valence electrons. The number of carbonyl (C=O) groups excluding carboxylic acids is 1. The number of benzene rings is 1. The average Bonchev–Trinajstić information content (AvgIpc) is 2.61. The van der Waals surface area contributed by atoms with Gasteiger partial charge in [-0.15, -0.1) is 0 Å². The molecule has 0 aliphatic carbocycles. The lowest BCUT2D eigenvalue weighted by Gasteiger charge is -2.17. The van der Waals surface area contributed by atoms with Crippen molar-refractivity contribution < 1.29 is 19.0 Å². The molecule has 0 saturated heterocycles. The fourth-order valence-corrected chi connectivity index (χ4v) is 1.90. The van der Waals surface area contributed by atoms with Crippen LogP contribution in [0.5, 0.6) is 11.5 Å². The molecule has 4 heteroatoms. The average molecular weight is 318 g/mol. The van der Waals surface area contributed by atoms with Crippen LogP contribution in [-0.4, -0.2) is 27.1 Å². The van der Waals surface area contributed by atoms with E-state index in [2.05, 4.69) is 13.2 Å². The van der Waals surface area contributed by atoms with E-state index in [4.69, 9.17) is 14.2 Å². The molecule has 0 aromatic heterocycles. The van der Waals surface area contributed by atoms with Crippen molar-refractivity contribution in [3.05, 3.63) is 60.7 Å². The molecule has 1 unspecified atom stereocenters. The van der Waals surface area contributed by atoms with Gasteiger partial charge >= 0.3 is 0 Å². The van der Waals surface area contributed by atoms with Crippen LogP contribution in [0.3, 0.4) is 0 Å². The van der Waals surface area contributed by atoms with Crippen molar-refractivity contribution in [2.75, 3.05) is 21.3 Å². The molecule has 0 amide bonds. The van der Waals surface area contributed by atoms with Gasteiger partial charge in [0.25, 0.3) is 0 Å². The number of rotatable bonds is 8. The molecule has 0 radical (unpaired) electrons. The van der Waals surface area contributed by atoms with Crippen molar-refractivity contribution in [2.45, 2.75) is 20.0 Å². The van der Waals surface area contributed by atoms with Gasteiger partial charge in [0.2, 0.25) is 0 Å². The molecule has 1 aromatic rings. The van der Waals surface area contributed by atoms with E-state index in [9.17, 15) is 4.79 Å². The maximum Gasteiger partial charge on any atom is 0.196 e. The summed E-state index contributed by atoms with van der Waals surface area (Å²) >= 11 is 0. The van der Waals surface area contributed by atoms with Gasteiger partial charge in [0.05, 0.1) is 14.2 Å². The summed E-state index contributed by atoms with van der Waals surface area (Å²) in [7, 11) is 4.58. The van der Waals surface area contributed by atoms with Gasteiger partial charge < -0.3 is 14.2 Å². The fraction of sp³-hybridized carbons (Fsp3) is 0.316.